The molecule has 0 aliphatic heterocycles. The summed E-state index contributed by atoms with van der Waals surface area (Å²) in [6.45, 7) is 1.30. The number of carboxylic acid groups (broad SMARTS) is 1. The van der Waals surface area contributed by atoms with Gasteiger partial charge in [0.1, 0.15) is 4.88 Å². The van der Waals surface area contributed by atoms with Gasteiger partial charge in [0.2, 0.25) is 5.95 Å². The Morgan fingerprint density at radius 2 is 2.08 bits per heavy atom. The SMILES string of the molecule is O=C(O)c1ccc(-c2ccnc(Nc3cccc(CNCCO)c3)n2)s1. The summed E-state index contributed by atoms with van der Waals surface area (Å²) in [6.07, 6.45) is 1.64. The van der Waals surface area contributed by atoms with Crippen molar-refractivity contribution in [3.05, 3.63) is 59.1 Å². The monoisotopic (exact) mass is 370 g/mol. The van der Waals surface area contributed by atoms with Crippen LogP contribution < -0.4 is 10.6 Å². The molecule has 26 heavy (non-hydrogen) atoms. The van der Waals surface area contributed by atoms with Crippen LogP contribution in [0.15, 0.2) is 48.7 Å². The van der Waals surface area contributed by atoms with Gasteiger partial charge in [0.05, 0.1) is 17.2 Å². The molecule has 3 aromatic rings. The van der Waals surface area contributed by atoms with Crippen LogP contribution in [0.5, 0.6) is 0 Å². The van der Waals surface area contributed by atoms with E-state index in [1.54, 1.807) is 24.4 Å². The van der Waals surface area contributed by atoms with Crippen molar-refractivity contribution in [1.82, 2.24) is 15.3 Å². The van der Waals surface area contributed by atoms with E-state index in [2.05, 4.69) is 20.6 Å². The molecule has 0 fully saturated rings. The summed E-state index contributed by atoms with van der Waals surface area (Å²) in [5, 5.41) is 24.2. The van der Waals surface area contributed by atoms with Gasteiger partial charge in [0.15, 0.2) is 0 Å². The molecule has 0 unspecified atom stereocenters. The highest BCUT2D eigenvalue weighted by molar-refractivity contribution is 7.17. The average Bonchev–Trinajstić information content (AvgIpc) is 3.13. The first-order chi connectivity index (χ1) is 12.7. The number of rotatable bonds is 8. The van der Waals surface area contributed by atoms with E-state index in [0.717, 1.165) is 16.1 Å². The zero-order valence-electron chi connectivity index (χ0n) is 13.8. The van der Waals surface area contributed by atoms with E-state index in [0.29, 0.717) is 24.7 Å². The number of hydrogen-bond acceptors (Lipinski definition) is 7. The minimum absolute atomic E-state index is 0.102. The van der Waals surface area contributed by atoms with Crippen LogP contribution in [-0.4, -0.2) is 39.3 Å². The standard InChI is InChI=1S/C18H18N4O3S/c23-9-8-19-11-12-2-1-3-13(10-12)21-18-20-7-6-14(22-18)15-4-5-16(26-15)17(24)25/h1-7,10,19,23H,8-9,11H2,(H,24,25)(H,20,21,22). The number of aromatic nitrogens is 2. The number of benzene rings is 1. The normalized spacial score (nSPS) is 10.7. The van der Waals surface area contributed by atoms with Crippen molar-refractivity contribution >= 4 is 28.9 Å². The average molecular weight is 370 g/mol. The van der Waals surface area contributed by atoms with Gasteiger partial charge in [0.25, 0.3) is 0 Å². The Kier molecular flexibility index (Phi) is 5.90. The Morgan fingerprint density at radius 1 is 1.19 bits per heavy atom. The molecule has 0 amide bonds. The number of carbonyl (C=O) groups is 1. The second-order valence-electron chi connectivity index (χ2n) is 5.46. The number of aliphatic hydroxyl groups excluding tert-OH is 1. The van der Waals surface area contributed by atoms with Crippen molar-refractivity contribution < 1.29 is 15.0 Å². The van der Waals surface area contributed by atoms with Crippen molar-refractivity contribution in [2.75, 3.05) is 18.5 Å². The van der Waals surface area contributed by atoms with Crippen LogP contribution in [0.3, 0.4) is 0 Å². The molecule has 7 nitrogen and oxygen atoms in total. The predicted octanol–water partition coefficient (Wildman–Crippen LogP) is 2.73. The fourth-order valence-corrected chi connectivity index (χ4v) is 3.16. The highest BCUT2D eigenvalue weighted by Gasteiger charge is 2.10. The molecule has 0 radical (unpaired) electrons. The maximum absolute atomic E-state index is 11.0. The Hall–Kier alpha value is -2.81. The second kappa shape index (κ2) is 8.52. The Bertz CT molecular complexity index is 897. The number of anilines is 2. The van der Waals surface area contributed by atoms with Gasteiger partial charge >= 0.3 is 5.97 Å². The lowest BCUT2D eigenvalue weighted by molar-refractivity contribution is 0.0702. The molecule has 8 heteroatoms. The van der Waals surface area contributed by atoms with E-state index in [1.807, 2.05) is 24.3 Å². The molecular formula is C18H18N4O3S. The third kappa shape index (κ3) is 4.63. The van der Waals surface area contributed by atoms with E-state index in [9.17, 15) is 4.79 Å². The summed E-state index contributed by atoms with van der Waals surface area (Å²) >= 11 is 1.18. The molecule has 2 heterocycles. The van der Waals surface area contributed by atoms with Gasteiger partial charge in [-0.3, -0.25) is 0 Å². The summed E-state index contributed by atoms with van der Waals surface area (Å²) in [7, 11) is 0. The quantitative estimate of drug-likeness (QED) is 0.452. The minimum atomic E-state index is -0.944. The van der Waals surface area contributed by atoms with Gasteiger partial charge in [-0.15, -0.1) is 11.3 Å². The maximum Gasteiger partial charge on any atom is 0.345 e. The van der Waals surface area contributed by atoms with Crippen LogP contribution in [0.4, 0.5) is 11.6 Å². The molecule has 0 spiro atoms. The van der Waals surface area contributed by atoms with Crippen molar-refractivity contribution in [3.63, 3.8) is 0 Å². The van der Waals surface area contributed by atoms with Crippen LogP contribution in [0.2, 0.25) is 0 Å². The first-order valence-corrected chi connectivity index (χ1v) is 8.81. The summed E-state index contributed by atoms with van der Waals surface area (Å²) < 4.78 is 0. The molecule has 134 valence electrons. The molecule has 0 aliphatic rings. The van der Waals surface area contributed by atoms with Crippen LogP contribution in [0.1, 0.15) is 15.2 Å². The lowest BCUT2D eigenvalue weighted by Gasteiger charge is -2.08. The molecule has 3 rings (SSSR count). The summed E-state index contributed by atoms with van der Waals surface area (Å²) in [4.78, 5) is 20.8. The predicted molar refractivity (Wildman–Crippen MR) is 101 cm³/mol. The highest BCUT2D eigenvalue weighted by atomic mass is 32.1. The van der Waals surface area contributed by atoms with Crippen LogP contribution >= 0.6 is 11.3 Å². The van der Waals surface area contributed by atoms with Gasteiger partial charge in [-0.25, -0.2) is 14.8 Å². The number of nitrogens with one attached hydrogen (secondary N) is 2. The van der Waals surface area contributed by atoms with E-state index in [4.69, 9.17) is 10.2 Å². The van der Waals surface area contributed by atoms with Gasteiger partial charge in [0, 0.05) is 25.0 Å². The fraction of sp³-hybridized carbons (Fsp3) is 0.167. The van der Waals surface area contributed by atoms with E-state index in [-0.39, 0.29) is 11.5 Å². The topological polar surface area (TPSA) is 107 Å². The molecule has 1 aromatic carbocycles. The number of aromatic carboxylic acids is 1. The number of hydrogen-bond donors (Lipinski definition) is 4. The zero-order valence-corrected chi connectivity index (χ0v) is 14.7. The molecular weight excluding hydrogens is 352 g/mol. The van der Waals surface area contributed by atoms with Gasteiger partial charge in [-0.1, -0.05) is 12.1 Å². The van der Waals surface area contributed by atoms with Gasteiger partial charge in [-0.2, -0.15) is 0 Å². The first-order valence-electron chi connectivity index (χ1n) is 8.00. The van der Waals surface area contributed by atoms with E-state index >= 15 is 0 Å². The van der Waals surface area contributed by atoms with Crippen LogP contribution in [-0.2, 0) is 6.54 Å². The second-order valence-corrected chi connectivity index (χ2v) is 6.54. The largest absolute Gasteiger partial charge is 0.477 e. The summed E-state index contributed by atoms with van der Waals surface area (Å²) in [5.41, 5.74) is 2.59. The third-order valence-electron chi connectivity index (χ3n) is 3.53. The Morgan fingerprint density at radius 3 is 2.85 bits per heavy atom. The van der Waals surface area contributed by atoms with E-state index < -0.39 is 5.97 Å². The number of carboxylic acids is 1. The molecule has 0 saturated heterocycles. The molecule has 0 atom stereocenters. The van der Waals surface area contributed by atoms with Crippen LogP contribution in [0, 0.1) is 0 Å². The van der Waals surface area contributed by atoms with Gasteiger partial charge < -0.3 is 20.8 Å². The Labute approximate surface area is 154 Å². The molecule has 2 aromatic heterocycles. The number of thiophene rings is 1. The van der Waals surface area contributed by atoms with E-state index in [1.165, 1.54) is 11.3 Å². The summed E-state index contributed by atoms with van der Waals surface area (Å²) in [5.74, 6) is -0.506. The van der Waals surface area contributed by atoms with Crippen molar-refractivity contribution in [2.24, 2.45) is 0 Å². The van der Waals surface area contributed by atoms with Crippen molar-refractivity contribution in [3.8, 4) is 10.6 Å². The smallest absolute Gasteiger partial charge is 0.345 e. The number of nitrogens with zero attached hydrogens (tertiary/aromatic N) is 2. The lowest BCUT2D eigenvalue weighted by atomic mass is 10.2. The summed E-state index contributed by atoms with van der Waals surface area (Å²) in [6, 6.07) is 12.9. The maximum atomic E-state index is 11.0. The zero-order chi connectivity index (χ0) is 18.4. The first kappa shape index (κ1) is 18.0. The Balaban J connectivity index is 1.74. The highest BCUT2D eigenvalue weighted by Crippen LogP contribution is 2.27. The third-order valence-corrected chi connectivity index (χ3v) is 4.62. The lowest BCUT2D eigenvalue weighted by Crippen LogP contribution is -2.17. The van der Waals surface area contributed by atoms with Crippen molar-refractivity contribution in [2.45, 2.75) is 6.54 Å². The molecule has 0 saturated carbocycles. The van der Waals surface area contributed by atoms with Gasteiger partial charge in [-0.05, 0) is 35.9 Å². The van der Waals surface area contributed by atoms with Crippen molar-refractivity contribution in [1.29, 1.82) is 0 Å². The molecule has 0 bridgehead atoms. The fourth-order valence-electron chi connectivity index (χ4n) is 2.35. The van der Waals surface area contributed by atoms with Crippen LogP contribution in [0.25, 0.3) is 10.6 Å². The number of aliphatic hydroxyl groups is 1. The minimum Gasteiger partial charge on any atom is -0.477 e. The molecule has 0 aliphatic carbocycles. The molecule has 4 N–H and O–H groups in total.